The van der Waals surface area contributed by atoms with Gasteiger partial charge in [0.15, 0.2) is 0 Å². The second-order valence-corrected chi connectivity index (χ2v) is 5.40. The molecule has 0 aliphatic heterocycles. The first-order valence-electron chi connectivity index (χ1n) is 7.54. The Labute approximate surface area is 115 Å². The molecular formula is C16H23N3. The van der Waals surface area contributed by atoms with Crippen LogP contribution in [0, 0.1) is 0 Å². The number of nitrogens with zero attached hydrogens (tertiary/aromatic N) is 2. The van der Waals surface area contributed by atoms with Crippen molar-refractivity contribution in [2.45, 2.75) is 51.6 Å². The van der Waals surface area contributed by atoms with Crippen molar-refractivity contribution in [2.75, 3.05) is 6.54 Å². The van der Waals surface area contributed by atoms with Crippen molar-refractivity contribution in [3.63, 3.8) is 0 Å². The van der Waals surface area contributed by atoms with Crippen LogP contribution < -0.4 is 5.32 Å². The van der Waals surface area contributed by atoms with Crippen LogP contribution in [0.15, 0.2) is 24.3 Å². The van der Waals surface area contributed by atoms with Crippen LogP contribution in [0.2, 0.25) is 0 Å². The predicted molar refractivity (Wildman–Crippen MR) is 79.5 cm³/mol. The maximum atomic E-state index is 4.81. The molecule has 1 fully saturated rings. The van der Waals surface area contributed by atoms with Crippen LogP contribution in [0.3, 0.4) is 0 Å². The number of hydrogen-bond donors (Lipinski definition) is 1. The molecule has 1 heterocycles. The van der Waals surface area contributed by atoms with Crippen molar-refractivity contribution >= 4 is 11.0 Å². The SMILES string of the molecule is CCNC1CCCC1n1c(CC)nc2ccccc21. The van der Waals surface area contributed by atoms with Gasteiger partial charge in [-0.2, -0.15) is 0 Å². The van der Waals surface area contributed by atoms with E-state index in [9.17, 15) is 0 Å². The third-order valence-electron chi connectivity index (χ3n) is 4.26. The summed E-state index contributed by atoms with van der Waals surface area (Å²) in [6.45, 7) is 5.45. The number of aryl methyl sites for hydroxylation is 1. The van der Waals surface area contributed by atoms with Gasteiger partial charge in [-0.05, 0) is 37.9 Å². The lowest BCUT2D eigenvalue weighted by Crippen LogP contribution is -2.34. The summed E-state index contributed by atoms with van der Waals surface area (Å²) < 4.78 is 2.50. The summed E-state index contributed by atoms with van der Waals surface area (Å²) in [7, 11) is 0. The summed E-state index contributed by atoms with van der Waals surface area (Å²) in [5.41, 5.74) is 2.44. The second kappa shape index (κ2) is 5.33. The Morgan fingerprint density at radius 3 is 2.89 bits per heavy atom. The Bertz CT molecular complexity index is 558. The molecule has 102 valence electrons. The molecule has 3 heteroatoms. The highest BCUT2D eigenvalue weighted by molar-refractivity contribution is 5.76. The van der Waals surface area contributed by atoms with Gasteiger partial charge >= 0.3 is 0 Å². The number of imidazole rings is 1. The smallest absolute Gasteiger partial charge is 0.109 e. The van der Waals surface area contributed by atoms with E-state index in [4.69, 9.17) is 4.98 Å². The number of likely N-dealkylation sites (N-methyl/N-ethyl adjacent to an activating group) is 1. The average molecular weight is 257 g/mol. The van der Waals surface area contributed by atoms with Gasteiger partial charge in [0, 0.05) is 12.5 Å². The minimum atomic E-state index is 0.572. The van der Waals surface area contributed by atoms with Gasteiger partial charge in [-0.25, -0.2) is 4.98 Å². The van der Waals surface area contributed by atoms with Crippen molar-refractivity contribution in [3.8, 4) is 0 Å². The van der Waals surface area contributed by atoms with E-state index in [2.05, 4.69) is 48.0 Å². The number of fused-ring (bicyclic) bond motifs is 1. The highest BCUT2D eigenvalue weighted by Gasteiger charge is 2.30. The van der Waals surface area contributed by atoms with E-state index in [0.29, 0.717) is 12.1 Å². The van der Waals surface area contributed by atoms with Crippen LogP contribution in [0.1, 0.15) is 45.0 Å². The van der Waals surface area contributed by atoms with Gasteiger partial charge in [-0.3, -0.25) is 0 Å². The largest absolute Gasteiger partial charge is 0.323 e. The Morgan fingerprint density at radius 1 is 1.26 bits per heavy atom. The molecule has 1 aliphatic carbocycles. The van der Waals surface area contributed by atoms with Crippen LogP contribution in [0.25, 0.3) is 11.0 Å². The average Bonchev–Trinajstić information content (AvgIpc) is 3.02. The summed E-state index contributed by atoms with van der Waals surface area (Å²) in [5.74, 6) is 1.23. The standard InChI is InChI=1S/C16H23N3/c1-3-16-18-13-8-5-6-10-15(13)19(16)14-11-7-9-12(14)17-4-2/h5-6,8,10,12,14,17H,3-4,7,9,11H2,1-2H3. The molecule has 19 heavy (non-hydrogen) atoms. The lowest BCUT2D eigenvalue weighted by atomic mass is 10.1. The van der Waals surface area contributed by atoms with E-state index < -0.39 is 0 Å². The zero-order chi connectivity index (χ0) is 13.2. The monoisotopic (exact) mass is 257 g/mol. The fraction of sp³-hybridized carbons (Fsp3) is 0.562. The highest BCUT2D eigenvalue weighted by Crippen LogP contribution is 2.34. The van der Waals surface area contributed by atoms with E-state index in [0.717, 1.165) is 18.5 Å². The van der Waals surface area contributed by atoms with Crippen LogP contribution in [0.4, 0.5) is 0 Å². The number of aromatic nitrogens is 2. The first-order chi connectivity index (χ1) is 9.35. The Balaban J connectivity index is 2.07. The van der Waals surface area contributed by atoms with Gasteiger partial charge in [-0.15, -0.1) is 0 Å². The molecule has 0 amide bonds. The molecule has 1 N–H and O–H groups in total. The molecule has 0 bridgehead atoms. The Hall–Kier alpha value is -1.35. The van der Waals surface area contributed by atoms with Crippen molar-refractivity contribution in [1.82, 2.24) is 14.9 Å². The fourth-order valence-electron chi connectivity index (χ4n) is 3.46. The number of benzene rings is 1. The molecule has 0 saturated heterocycles. The fourth-order valence-corrected chi connectivity index (χ4v) is 3.46. The van der Waals surface area contributed by atoms with E-state index >= 15 is 0 Å². The van der Waals surface area contributed by atoms with Gasteiger partial charge in [0.25, 0.3) is 0 Å². The van der Waals surface area contributed by atoms with Crippen LogP contribution in [-0.4, -0.2) is 22.1 Å². The highest BCUT2D eigenvalue weighted by atomic mass is 15.1. The van der Waals surface area contributed by atoms with Gasteiger partial charge in [0.05, 0.1) is 17.1 Å². The van der Waals surface area contributed by atoms with Crippen molar-refractivity contribution in [3.05, 3.63) is 30.1 Å². The zero-order valence-corrected chi connectivity index (χ0v) is 11.9. The van der Waals surface area contributed by atoms with Gasteiger partial charge < -0.3 is 9.88 Å². The zero-order valence-electron chi connectivity index (χ0n) is 11.9. The number of para-hydroxylation sites is 2. The van der Waals surface area contributed by atoms with Crippen LogP contribution in [-0.2, 0) is 6.42 Å². The van der Waals surface area contributed by atoms with Crippen molar-refractivity contribution in [1.29, 1.82) is 0 Å². The molecule has 1 aliphatic rings. The van der Waals surface area contributed by atoms with Gasteiger partial charge in [-0.1, -0.05) is 26.0 Å². The Kier molecular flexibility index (Phi) is 3.56. The summed E-state index contributed by atoms with van der Waals surface area (Å²) in [5, 5.41) is 3.65. The van der Waals surface area contributed by atoms with E-state index in [1.165, 1.54) is 30.6 Å². The molecular weight excluding hydrogens is 234 g/mol. The molecule has 3 nitrogen and oxygen atoms in total. The topological polar surface area (TPSA) is 29.9 Å². The lowest BCUT2D eigenvalue weighted by molar-refractivity contribution is 0.398. The van der Waals surface area contributed by atoms with Gasteiger partial charge in [0.1, 0.15) is 5.82 Å². The minimum absolute atomic E-state index is 0.572. The molecule has 1 aromatic heterocycles. The normalized spacial score (nSPS) is 23.3. The predicted octanol–water partition coefficient (Wildman–Crippen LogP) is 3.30. The molecule has 2 atom stereocenters. The third-order valence-corrected chi connectivity index (χ3v) is 4.26. The van der Waals surface area contributed by atoms with Gasteiger partial charge in [0.2, 0.25) is 0 Å². The first-order valence-corrected chi connectivity index (χ1v) is 7.54. The van der Waals surface area contributed by atoms with E-state index in [1.807, 2.05) is 0 Å². The summed E-state index contributed by atoms with van der Waals surface area (Å²) in [4.78, 5) is 4.81. The third kappa shape index (κ3) is 2.16. The number of hydrogen-bond acceptors (Lipinski definition) is 2. The number of nitrogens with one attached hydrogen (secondary N) is 1. The molecule has 2 unspecified atom stereocenters. The van der Waals surface area contributed by atoms with Crippen LogP contribution in [0.5, 0.6) is 0 Å². The summed E-state index contributed by atoms with van der Waals surface area (Å²) in [6, 6.07) is 9.72. The number of rotatable bonds is 4. The molecule has 2 aromatic rings. The van der Waals surface area contributed by atoms with Crippen molar-refractivity contribution < 1.29 is 0 Å². The Morgan fingerprint density at radius 2 is 2.11 bits per heavy atom. The molecule has 0 radical (unpaired) electrons. The maximum absolute atomic E-state index is 4.81. The van der Waals surface area contributed by atoms with E-state index in [-0.39, 0.29) is 0 Å². The summed E-state index contributed by atoms with van der Waals surface area (Å²) in [6.07, 6.45) is 4.88. The lowest BCUT2D eigenvalue weighted by Gasteiger charge is -2.24. The molecule has 1 aromatic carbocycles. The first kappa shape index (κ1) is 12.7. The summed E-state index contributed by atoms with van der Waals surface area (Å²) >= 11 is 0. The molecule has 0 spiro atoms. The quantitative estimate of drug-likeness (QED) is 0.910. The minimum Gasteiger partial charge on any atom is -0.323 e. The maximum Gasteiger partial charge on any atom is 0.109 e. The second-order valence-electron chi connectivity index (χ2n) is 5.40. The van der Waals surface area contributed by atoms with E-state index in [1.54, 1.807) is 0 Å². The van der Waals surface area contributed by atoms with Crippen molar-refractivity contribution in [2.24, 2.45) is 0 Å². The molecule has 3 rings (SSSR count). The molecule has 1 saturated carbocycles. The van der Waals surface area contributed by atoms with Crippen LogP contribution >= 0.6 is 0 Å².